The van der Waals surface area contributed by atoms with E-state index in [9.17, 15) is 23.3 Å². The number of ether oxygens (including phenoxy) is 2. The Morgan fingerprint density at radius 2 is 1.74 bits per heavy atom. The minimum Gasteiger partial charge on any atom is -0.497 e. The summed E-state index contributed by atoms with van der Waals surface area (Å²) in [5.74, 6) is -0.188. The van der Waals surface area contributed by atoms with E-state index in [1.165, 1.54) is 44.6 Å². The van der Waals surface area contributed by atoms with Gasteiger partial charge in [-0.2, -0.15) is 0 Å². The van der Waals surface area contributed by atoms with Crippen LogP contribution in [0.2, 0.25) is 5.02 Å². The molecule has 0 radical (unpaired) electrons. The molecule has 0 aliphatic carbocycles. The van der Waals surface area contributed by atoms with Gasteiger partial charge in [0.05, 0.1) is 24.8 Å². The highest BCUT2D eigenvalue weighted by Crippen LogP contribution is 2.37. The van der Waals surface area contributed by atoms with E-state index in [2.05, 4.69) is 5.32 Å². The molecule has 0 saturated heterocycles. The molecule has 12 heteroatoms. The summed E-state index contributed by atoms with van der Waals surface area (Å²) in [6.07, 6.45) is 0. The number of nitro groups is 1. The minimum atomic E-state index is -4.58. The van der Waals surface area contributed by atoms with Gasteiger partial charge in [0.15, 0.2) is 4.90 Å². The maximum Gasteiger partial charge on any atom is 0.289 e. The highest BCUT2D eigenvalue weighted by atomic mass is 35.5. The van der Waals surface area contributed by atoms with Gasteiger partial charge in [-0.1, -0.05) is 41.9 Å². The quantitative estimate of drug-likeness (QED) is 0.319. The summed E-state index contributed by atoms with van der Waals surface area (Å²) in [5.41, 5.74) is 0.0125. The van der Waals surface area contributed by atoms with E-state index in [0.29, 0.717) is 16.3 Å². The largest absolute Gasteiger partial charge is 0.497 e. The van der Waals surface area contributed by atoms with Crippen LogP contribution in [0.3, 0.4) is 0 Å². The van der Waals surface area contributed by atoms with Gasteiger partial charge in [-0.3, -0.25) is 19.2 Å². The number of benzene rings is 3. The third kappa shape index (κ3) is 5.81. The lowest BCUT2D eigenvalue weighted by Gasteiger charge is -2.25. The van der Waals surface area contributed by atoms with Gasteiger partial charge in [0, 0.05) is 23.7 Å². The Bertz CT molecular complexity index is 1350. The first-order valence-electron chi connectivity index (χ1n) is 10.2. The lowest BCUT2D eigenvalue weighted by atomic mass is 10.2. The molecule has 35 heavy (non-hydrogen) atoms. The average Bonchev–Trinajstić information content (AvgIpc) is 2.86. The molecule has 3 aromatic rings. The third-order valence-corrected chi connectivity index (χ3v) is 7.18. The van der Waals surface area contributed by atoms with E-state index in [1.807, 2.05) is 0 Å². The number of hydrogen-bond acceptors (Lipinski definition) is 7. The number of para-hydroxylation sites is 1. The Kier molecular flexibility index (Phi) is 8.15. The molecule has 0 saturated carbocycles. The summed E-state index contributed by atoms with van der Waals surface area (Å²) in [6, 6.07) is 16.1. The SMILES string of the molecule is COc1ccc(N(CC(=O)NCc2ccccc2Cl)S(=O)(=O)c2ccccc2[N+](=O)[O-])c(OC)c1. The molecule has 0 fully saturated rings. The van der Waals surface area contributed by atoms with Gasteiger partial charge < -0.3 is 14.8 Å². The molecular formula is C23H22ClN3O7S. The third-order valence-electron chi connectivity index (χ3n) is 5.01. The lowest BCUT2D eigenvalue weighted by molar-refractivity contribution is -0.387. The molecule has 10 nitrogen and oxygen atoms in total. The van der Waals surface area contributed by atoms with Crippen molar-refractivity contribution in [3.8, 4) is 11.5 Å². The summed E-state index contributed by atoms with van der Waals surface area (Å²) in [7, 11) is -1.83. The van der Waals surface area contributed by atoms with E-state index < -0.39 is 38.0 Å². The van der Waals surface area contributed by atoms with Gasteiger partial charge in [-0.15, -0.1) is 0 Å². The van der Waals surface area contributed by atoms with Crippen molar-refractivity contribution >= 4 is 38.9 Å². The van der Waals surface area contributed by atoms with Crippen LogP contribution < -0.4 is 19.1 Å². The zero-order valence-electron chi connectivity index (χ0n) is 18.8. The Morgan fingerprint density at radius 3 is 2.40 bits per heavy atom. The second kappa shape index (κ2) is 11.1. The van der Waals surface area contributed by atoms with Crippen LogP contribution >= 0.6 is 11.6 Å². The molecule has 0 aromatic heterocycles. The van der Waals surface area contributed by atoms with Crippen LogP contribution in [0.5, 0.6) is 11.5 Å². The Balaban J connectivity index is 2.04. The number of nitrogens with zero attached hydrogens (tertiary/aromatic N) is 2. The van der Waals surface area contributed by atoms with E-state index in [0.717, 1.165) is 16.4 Å². The van der Waals surface area contributed by atoms with Crippen LogP contribution in [0.25, 0.3) is 0 Å². The fourth-order valence-corrected chi connectivity index (χ4v) is 5.05. The number of carbonyl (C=O) groups is 1. The normalized spacial score (nSPS) is 10.9. The van der Waals surface area contributed by atoms with Crippen LogP contribution in [0.15, 0.2) is 71.6 Å². The Morgan fingerprint density at radius 1 is 1.06 bits per heavy atom. The topological polar surface area (TPSA) is 128 Å². The monoisotopic (exact) mass is 519 g/mol. The number of carbonyl (C=O) groups excluding carboxylic acids is 1. The molecule has 0 heterocycles. The molecule has 0 unspecified atom stereocenters. The van der Waals surface area contributed by atoms with Crippen LogP contribution in [0.1, 0.15) is 5.56 Å². The van der Waals surface area contributed by atoms with Crippen LogP contribution in [0, 0.1) is 10.1 Å². The number of anilines is 1. The van der Waals surface area contributed by atoms with E-state index in [-0.39, 0.29) is 18.0 Å². The first kappa shape index (κ1) is 25.8. The molecule has 3 aromatic carbocycles. The Hall–Kier alpha value is -3.83. The number of nitrogens with one attached hydrogen (secondary N) is 1. The van der Waals surface area contributed by atoms with Crippen LogP contribution in [0.4, 0.5) is 11.4 Å². The predicted octanol–water partition coefficient (Wildman–Crippen LogP) is 3.78. The summed E-state index contributed by atoms with van der Waals surface area (Å²) >= 11 is 6.13. The number of sulfonamides is 1. The number of halogens is 1. The fraction of sp³-hybridized carbons (Fsp3) is 0.174. The van der Waals surface area contributed by atoms with E-state index in [4.69, 9.17) is 21.1 Å². The molecule has 0 aliphatic rings. The van der Waals surface area contributed by atoms with Crippen molar-refractivity contribution in [2.24, 2.45) is 0 Å². The first-order valence-corrected chi connectivity index (χ1v) is 12.0. The van der Waals surface area contributed by atoms with Crippen molar-refractivity contribution in [2.75, 3.05) is 25.1 Å². The molecular weight excluding hydrogens is 498 g/mol. The number of methoxy groups -OCH3 is 2. The maximum absolute atomic E-state index is 13.7. The number of rotatable bonds is 10. The van der Waals surface area contributed by atoms with Gasteiger partial charge in [-0.05, 0) is 29.8 Å². The standard InChI is InChI=1S/C23H22ClN3O7S/c1-33-17-11-12-19(21(13-17)34-2)26(15-23(28)25-14-16-7-3-4-8-18(16)24)35(31,32)22-10-6-5-9-20(22)27(29)30/h3-13H,14-15H2,1-2H3,(H,25,28). The van der Waals surface area contributed by atoms with E-state index >= 15 is 0 Å². The summed E-state index contributed by atoms with van der Waals surface area (Å²) in [5, 5.41) is 14.6. The van der Waals surface area contributed by atoms with Crippen molar-refractivity contribution in [3.05, 3.63) is 87.4 Å². The second-order valence-electron chi connectivity index (χ2n) is 7.14. The highest BCUT2D eigenvalue weighted by Gasteiger charge is 2.34. The van der Waals surface area contributed by atoms with Crippen molar-refractivity contribution in [3.63, 3.8) is 0 Å². The molecule has 1 amide bonds. The average molecular weight is 520 g/mol. The number of hydrogen-bond donors (Lipinski definition) is 1. The van der Waals surface area contributed by atoms with Crippen molar-refractivity contribution in [1.82, 2.24) is 5.32 Å². The first-order chi connectivity index (χ1) is 16.7. The molecule has 1 N–H and O–H groups in total. The Labute approximate surface area is 207 Å². The fourth-order valence-electron chi connectivity index (χ4n) is 3.26. The van der Waals surface area contributed by atoms with Gasteiger partial charge in [-0.25, -0.2) is 8.42 Å². The van der Waals surface area contributed by atoms with Gasteiger partial charge in [0.1, 0.15) is 18.0 Å². The highest BCUT2D eigenvalue weighted by molar-refractivity contribution is 7.93. The lowest BCUT2D eigenvalue weighted by Crippen LogP contribution is -2.41. The van der Waals surface area contributed by atoms with E-state index in [1.54, 1.807) is 24.3 Å². The summed E-state index contributed by atoms with van der Waals surface area (Å²) in [4.78, 5) is 23.0. The zero-order chi connectivity index (χ0) is 25.6. The van der Waals surface area contributed by atoms with Crippen molar-refractivity contribution in [1.29, 1.82) is 0 Å². The van der Waals surface area contributed by atoms with Crippen LogP contribution in [-0.2, 0) is 21.4 Å². The smallest absolute Gasteiger partial charge is 0.289 e. The summed E-state index contributed by atoms with van der Waals surface area (Å²) < 4.78 is 38.6. The molecule has 0 bridgehead atoms. The van der Waals surface area contributed by atoms with Gasteiger partial charge in [0.2, 0.25) is 5.91 Å². The number of nitro benzene ring substituents is 1. The zero-order valence-corrected chi connectivity index (χ0v) is 20.4. The van der Waals surface area contributed by atoms with Gasteiger partial charge in [0.25, 0.3) is 15.7 Å². The number of amides is 1. The summed E-state index contributed by atoms with van der Waals surface area (Å²) in [6.45, 7) is -0.626. The predicted molar refractivity (Wildman–Crippen MR) is 130 cm³/mol. The molecule has 184 valence electrons. The molecule has 3 rings (SSSR count). The minimum absolute atomic E-state index is 0.000607. The molecule has 0 spiro atoms. The van der Waals surface area contributed by atoms with Crippen molar-refractivity contribution in [2.45, 2.75) is 11.4 Å². The van der Waals surface area contributed by atoms with Crippen LogP contribution in [-0.4, -0.2) is 40.0 Å². The van der Waals surface area contributed by atoms with Gasteiger partial charge >= 0.3 is 0 Å². The maximum atomic E-state index is 13.7. The second-order valence-corrected chi connectivity index (χ2v) is 9.38. The molecule has 0 aliphatic heterocycles. The van der Waals surface area contributed by atoms with Crippen molar-refractivity contribution < 1.29 is 27.6 Å². The molecule has 0 atom stereocenters.